The molecule has 86 valence electrons. The molecule has 0 aromatic rings. The van der Waals surface area contributed by atoms with Crippen molar-refractivity contribution in [2.75, 3.05) is 13.1 Å². The molecule has 1 aliphatic carbocycles. The van der Waals surface area contributed by atoms with Crippen LogP contribution < -0.4 is 0 Å². The number of likely N-dealkylation sites (tertiary alicyclic amines) is 1. The van der Waals surface area contributed by atoms with Gasteiger partial charge in [-0.05, 0) is 18.8 Å². The molecule has 0 amide bonds. The Morgan fingerprint density at radius 1 is 1.27 bits per heavy atom. The minimum atomic E-state index is 0.467. The monoisotopic (exact) mass is 209 g/mol. The molecule has 1 heterocycles. The number of rotatable bonds is 2. The molecule has 1 saturated carbocycles. The lowest BCUT2D eigenvalue weighted by Crippen LogP contribution is -2.43. The van der Waals surface area contributed by atoms with E-state index in [4.69, 9.17) is 0 Å². The fraction of sp³-hybridized carbons (Fsp3) is 0.923. The van der Waals surface area contributed by atoms with E-state index in [-0.39, 0.29) is 0 Å². The zero-order valence-electron chi connectivity index (χ0n) is 9.87. The van der Waals surface area contributed by atoms with Crippen LogP contribution in [0.3, 0.4) is 0 Å². The van der Waals surface area contributed by atoms with Gasteiger partial charge in [0.15, 0.2) is 0 Å². The van der Waals surface area contributed by atoms with E-state index >= 15 is 0 Å². The Labute approximate surface area is 93.0 Å². The van der Waals surface area contributed by atoms with E-state index in [1.54, 1.807) is 0 Å². The third-order valence-corrected chi connectivity index (χ3v) is 4.20. The molecular weight excluding hydrogens is 186 g/mol. The maximum absolute atomic E-state index is 11.2. The zero-order valence-corrected chi connectivity index (χ0v) is 9.87. The summed E-state index contributed by atoms with van der Waals surface area (Å²) in [5.74, 6) is 1.41. The van der Waals surface area contributed by atoms with Crippen LogP contribution in [-0.2, 0) is 4.79 Å². The van der Waals surface area contributed by atoms with Gasteiger partial charge < -0.3 is 0 Å². The summed E-state index contributed by atoms with van der Waals surface area (Å²) >= 11 is 0. The molecule has 0 N–H and O–H groups in total. The predicted molar refractivity (Wildman–Crippen MR) is 61.9 cm³/mol. The van der Waals surface area contributed by atoms with Gasteiger partial charge in [0.05, 0.1) is 0 Å². The topological polar surface area (TPSA) is 20.3 Å². The van der Waals surface area contributed by atoms with Gasteiger partial charge in [-0.2, -0.15) is 0 Å². The number of carbonyl (C=O) groups is 1. The molecule has 0 radical (unpaired) electrons. The maximum atomic E-state index is 11.2. The van der Waals surface area contributed by atoms with Crippen molar-refractivity contribution in [3.05, 3.63) is 0 Å². The second kappa shape index (κ2) is 5.11. The van der Waals surface area contributed by atoms with Crippen LogP contribution in [0, 0.1) is 5.92 Å². The summed E-state index contributed by atoms with van der Waals surface area (Å²) in [5.41, 5.74) is 0. The number of hydrogen-bond acceptors (Lipinski definition) is 2. The molecular formula is C13H23NO. The molecule has 15 heavy (non-hydrogen) atoms. The molecule has 0 bridgehead atoms. The first-order chi connectivity index (χ1) is 7.29. The summed E-state index contributed by atoms with van der Waals surface area (Å²) in [4.78, 5) is 13.8. The Balaban J connectivity index is 1.84. The SMILES string of the molecule is CCC1CCCC(N2CCC(=O)CC2)C1. The van der Waals surface area contributed by atoms with Crippen molar-refractivity contribution in [3.63, 3.8) is 0 Å². The molecule has 2 atom stereocenters. The van der Waals surface area contributed by atoms with Crippen LogP contribution in [0.15, 0.2) is 0 Å². The quantitative estimate of drug-likeness (QED) is 0.697. The summed E-state index contributed by atoms with van der Waals surface area (Å²) in [6.07, 6.45) is 8.51. The molecule has 0 aromatic carbocycles. The van der Waals surface area contributed by atoms with Gasteiger partial charge in [0.2, 0.25) is 0 Å². The number of nitrogens with zero attached hydrogens (tertiary/aromatic N) is 1. The average molecular weight is 209 g/mol. The van der Waals surface area contributed by atoms with Gasteiger partial charge in [-0.3, -0.25) is 9.69 Å². The lowest BCUT2D eigenvalue weighted by Gasteiger charge is -2.39. The Bertz CT molecular complexity index is 217. The van der Waals surface area contributed by atoms with Crippen molar-refractivity contribution in [1.82, 2.24) is 4.90 Å². The van der Waals surface area contributed by atoms with Gasteiger partial charge in [-0.1, -0.05) is 26.2 Å². The number of ketones is 1. The van der Waals surface area contributed by atoms with Gasteiger partial charge in [-0.25, -0.2) is 0 Å². The maximum Gasteiger partial charge on any atom is 0.135 e. The number of piperidine rings is 1. The van der Waals surface area contributed by atoms with Gasteiger partial charge in [0.25, 0.3) is 0 Å². The number of Topliss-reactive ketones (excluding diaryl/α,β-unsaturated/α-hetero) is 1. The lowest BCUT2D eigenvalue weighted by atomic mass is 9.83. The van der Waals surface area contributed by atoms with Crippen LogP contribution in [0.25, 0.3) is 0 Å². The van der Waals surface area contributed by atoms with Crippen molar-refractivity contribution < 1.29 is 4.79 Å². The summed E-state index contributed by atoms with van der Waals surface area (Å²) in [7, 11) is 0. The van der Waals surface area contributed by atoms with E-state index in [1.807, 2.05) is 0 Å². The zero-order chi connectivity index (χ0) is 10.7. The molecule has 2 nitrogen and oxygen atoms in total. The molecule has 0 spiro atoms. The average Bonchev–Trinajstić information content (AvgIpc) is 2.30. The smallest absolute Gasteiger partial charge is 0.135 e. The second-order valence-electron chi connectivity index (χ2n) is 5.17. The van der Waals surface area contributed by atoms with E-state index in [1.165, 1.54) is 32.1 Å². The molecule has 2 aliphatic rings. The minimum absolute atomic E-state index is 0.467. The van der Waals surface area contributed by atoms with Crippen molar-refractivity contribution in [2.24, 2.45) is 5.92 Å². The molecule has 1 saturated heterocycles. The highest BCUT2D eigenvalue weighted by molar-refractivity contribution is 5.79. The van der Waals surface area contributed by atoms with Crippen LogP contribution in [-0.4, -0.2) is 29.8 Å². The molecule has 1 aliphatic heterocycles. The van der Waals surface area contributed by atoms with Crippen LogP contribution in [0.2, 0.25) is 0 Å². The van der Waals surface area contributed by atoms with Crippen molar-refractivity contribution in [3.8, 4) is 0 Å². The Morgan fingerprint density at radius 3 is 2.67 bits per heavy atom. The predicted octanol–water partition coefficient (Wildman–Crippen LogP) is 2.62. The second-order valence-corrected chi connectivity index (χ2v) is 5.17. The molecule has 0 aromatic heterocycles. The third-order valence-electron chi connectivity index (χ3n) is 4.20. The van der Waals surface area contributed by atoms with Crippen molar-refractivity contribution in [1.29, 1.82) is 0 Å². The van der Waals surface area contributed by atoms with Crippen molar-refractivity contribution in [2.45, 2.75) is 57.9 Å². The highest BCUT2D eigenvalue weighted by atomic mass is 16.1. The Hall–Kier alpha value is -0.370. The molecule has 2 rings (SSSR count). The summed E-state index contributed by atoms with van der Waals surface area (Å²) < 4.78 is 0. The van der Waals surface area contributed by atoms with E-state index in [9.17, 15) is 4.79 Å². The summed E-state index contributed by atoms with van der Waals surface area (Å²) in [5, 5.41) is 0. The Kier molecular flexibility index (Phi) is 3.79. The fourth-order valence-electron chi connectivity index (χ4n) is 3.10. The highest BCUT2D eigenvalue weighted by Gasteiger charge is 2.28. The summed E-state index contributed by atoms with van der Waals surface area (Å²) in [6, 6.07) is 0.789. The van der Waals surface area contributed by atoms with Gasteiger partial charge in [0, 0.05) is 32.0 Å². The van der Waals surface area contributed by atoms with E-state index in [2.05, 4.69) is 11.8 Å². The first-order valence-corrected chi connectivity index (χ1v) is 6.55. The minimum Gasteiger partial charge on any atom is -0.300 e. The lowest BCUT2D eigenvalue weighted by molar-refractivity contribution is -0.122. The highest BCUT2D eigenvalue weighted by Crippen LogP contribution is 2.30. The molecule has 2 unspecified atom stereocenters. The Morgan fingerprint density at radius 2 is 2.00 bits per heavy atom. The first-order valence-electron chi connectivity index (χ1n) is 6.55. The third kappa shape index (κ3) is 2.81. The molecule has 2 heteroatoms. The summed E-state index contributed by atoms with van der Waals surface area (Å²) in [6.45, 7) is 4.37. The van der Waals surface area contributed by atoms with Crippen LogP contribution in [0.1, 0.15) is 51.9 Å². The van der Waals surface area contributed by atoms with Crippen LogP contribution in [0.4, 0.5) is 0 Å². The van der Waals surface area contributed by atoms with Gasteiger partial charge >= 0.3 is 0 Å². The van der Waals surface area contributed by atoms with Crippen molar-refractivity contribution >= 4 is 5.78 Å². The number of carbonyl (C=O) groups excluding carboxylic acids is 1. The fourth-order valence-corrected chi connectivity index (χ4v) is 3.10. The van der Waals surface area contributed by atoms with Crippen LogP contribution in [0.5, 0.6) is 0 Å². The van der Waals surface area contributed by atoms with Gasteiger partial charge in [0.1, 0.15) is 5.78 Å². The molecule has 2 fully saturated rings. The van der Waals surface area contributed by atoms with Gasteiger partial charge in [-0.15, -0.1) is 0 Å². The van der Waals surface area contributed by atoms with E-state index in [0.29, 0.717) is 5.78 Å². The largest absolute Gasteiger partial charge is 0.300 e. The van der Waals surface area contributed by atoms with E-state index < -0.39 is 0 Å². The standard InChI is InChI=1S/C13H23NO/c1-2-11-4-3-5-12(10-11)14-8-6-13(15)7-9-14/h11-12H,2-10H2,1H3. The van der Waals surface area contributed by atoms with E-state index in [0.717, 1.165) is 37.9 Å². The normalized spacial score (nSPS) is 34.3. The first kappa shape index (κ1) is 11.1. The number of hydrogen-bond donors (Lipinski definition) is 0. The van der Waals surface area contributed by atoms with Crippen LogP contribution >= 0.6 is 0 Å².